The Morgan fingerprint density at radius 3 is 0.733 bits per heavy atom. The van der Waals surface area contributed by atoms with Crippen molar-refractivity contribution < 1.29 is 13.2 Å². The minimum atomic E-state index is -5.02. The highest BCUT2D eigenvalue weighted by molar-refractivity contribution is 6.16. The third-order valence-electron chi connectivity index (χ3n) is 17.2. The summed E-state index contributed by atoms with van der Waals surface area (Å²) in [6, 6.07) is 74.2. The summed E-state index contributed by atoms with van der Waals surface area (Å²) < 4.78 is 63.3. The smallest absolute Gasteiger partial charge is 0.307 e. The van der Waals surface area contributed by atoms with Crippen LogP contribution in [0.15, 0.2) is 274 Å². The first-order valence-corrected chi connectivity index (χ1v) is 28.4. The van der Waals surface area contributed by atoms with Crippen molar-refractivity contribution in [2.24, 2.45) is 0 Å². The molecule has 9 aromatic carbocycles. The third kappa shape index (κ3) is 7.50. The van der Waals surface area contributed by atoms with Gasteiger partial charge in [0.2, 0.25) is 0 Å². The molecule has 8 aromatic heterocycles. The van der Waals surface area contributed by atoms with Crippen LogP contribution < -0.4 is 0 Å². The van der Waals surface area contributed by atoms with Crippen LogP contribution in [-0.2, 0) is 6.18 Å². The highest BCUT2D eigenvalue weighted by Crippen LogP contribution is 2.52. The van der Waals surface area contributed by atoms with Crippen LogP contribution in [0.1, 0.15) is 5.56 Å². The van der Waals surface area contributed by atoms with Gasteiger partial charge in [0.05, 0.1) is 66.9 Å². The van der Waals surface area contributed by atoms with Gasteiger partial charge in [0.25, 0.3) is 0 Å². The number of benzene rings is 9. The molecule has 0 aliphatic carbocycles. The molecule has 0 aliphatic heterocycles. The summed E-state index contributed by atoms with van der Waals surface area (Å²) in [7, 11) is 0. The number of halogens is 3. The van der Waals surface area contributed by atoms with Gasteiger partial charge in [0.1, 0.15) is 5.56 Å². The second kappa shape index (κ2) is 19.1. The average molecular weight is 1120 g/mol. The standard InChI is InChI=1S/C75H45F3N8/c76-75(77,78)72-73(85-62-13-5-1-9-54(62)55-10-2-6-14-63(55)85)70(83-66-21-17-50(46-25-33-79-34-26-46)41-58(66)59-42-51(18-22-67(59)83)47-27-35-80-36-28-47)45-71(74(72)86-64-15-7-3-11-56(64)57-12-4-8-16-65(57)86)84-68-23-19-52(48-29-37-81-38-30-48)43-60(68)61-44-53(20-24-69(61)84)49-31-39-82-40-32-49/h1-45H. The summed E-state index contributed by atoms with van der Waals surface area (Å²) in [5.41, 5.74) is 12.8. The van der Waals surface area contributed by atoms with E-state index in [9.17, 15) is 0 Å². The summed E-state index contributed by atoms with van der Waals surface area (Å²) >= 11 is 0. The van der Waals surface area contributed by atoms with Crippen molar-refractivity contribution in [3.63, 3.8) is 0 Å². The molecule has 0 unspecified atom stereocenters. The minimum Gasteiger partial charge on any atom is -0.307 e. The number of aromatic nitrogens is 8. The Morgan fingerprint density at radius 1 is 0.233 bits per heavy atom. The van der Waals surface area contributed by atoms with Crippen molar-refractivity contribution in [3.8, 4) is 67.3 Å². The van der Waals surface area contributed by atoms with Gasteiger partial charge >= 0.3 is 6.18 Å². The van der Waals surface area contributed by atoms with Gasteiger partial charge in [0.15, 0.2) is 0 Å². The Balaban J connectivity index is 1.12. The number of hydrogen-bond acceptors (Lipinski definition) is 4. The van der Waals surface area contributed by atoms with E-state index in [0.29, 0.717) is 33.4 Å². The summed E-state index contributed by atoms with van der Waals surface area (Å²) in [4.78, 5) is 17.3. The number of fused-ring (bicyclic) bond motifs is 12. The molecule has 11 heteroatoms. The van der Waals surface area contributed by atoms with E-state index in [1.165, 1.54) is 0 Å². The largest absolute Gasteiger partial charge is 0.420 e. The van der Waals surface area contributed by atoms with Crippen molar-refractivity contribution in [1.82, 2.24) is 38.2 Å². The molecule has 0 saturated heterocycles. The van der Waals surface area contributed by atoms with Crippen LogP contribution in [0.4, 0.5) is 13.2 Å². The fourth-order valence-electron chi connectivity index (χ4n) is 13.5. The van der Waals surface area contributed by atoms with Crippen molar-refractivity contribution in [2.75, 3.05) is 0 Å². The second-order valence-corrected chi connectivity index (χ2v) is 21.8. The first-order chi connectivity index (χ1) is 42.3. The molecular formula is C75H45F3N8. The van der Waals surface area contributed by atoms with Crippen LogP contribution in [0, 0.1) is 0 Å². The minimum absolute atomic E-state index is 0.0218. The molecule has 17 rings (SSSR count). The lowest BCUT2D eigenvalue weighted by molar-refractivity contribution is -0.137. The number of pyridine rings is 4. The van der Waals surface area contributed by atoms with Crippen molar-refractivity contribution in [3.05, 3.63) is 280 Å². The van der Waals surface area contributed by atoms with Gasteiger partial charge in [0, 0.05) is 92.7 Å². The Hall–Kier alpha value is -11.4. The van der Waals surface area contributed by atoms with Gasteiger partial charge in [-0.25, -0.2) is 0 Å². The Morgan fingerprint density at radius 2 is 0.477 bits per heavy atom. The Labute approximate surface area is 489 Å². The fraction of sp³-hybridized carbons (Fsp3) is 0.0133. The van der Waals surface area contributed by atoms with Gasteiger partial charge in [-0.3, -0.25) is 19.9 Å². The molecule has 0 fully saturated rings. The lowest BCUT2D eigenvalue weighted by Gasteiger charge is -2.28. The summed E-state index contributed by atoms with van der Waals surface area (Å²) in [6.07, 6.45) is 9.17. The maximum atomic E-state index is 18.5. The predicted molar refractivity (Wildman–Crippen MR) is 342 cm³/mol. The maximum Gasteiger partial charge on any atom is 0.420 e. The molecule has 0 bridgehead atoms. The molecule has 0 atom stereocenters. The Bertz CT molecular complexity index is 4930. The van der Waals surface area contributed by atoms with E-state index < -0.39 is 11.7 Å². The molecule has 0 amide bonds. The van der Waals surface area contributed by atoms with Gasteiger partial charge in [-0.2, -0.15) is 13.2 Å². The number of para-hydroxylation sites is 4. The molecule has 0 N–H and O–H groups in total. The van der Waals surface area contributed by atoms with Gasteiger partial charge in [-0.05, 0) is 172 Å². The fourth-order valence-corrected chi connectivity index (χ4v) is 13.5. The van der Waals surface area contributed by atoms with E-state index in [1.54, 1.807) is 49.6 Å². The van der Waals surface area contributed by atoms with Crippen LogP contribution in [0.25, 0.3) is 154 Å². The van der Waals surface area contributed by atoms with E-state index in [2.05, 4.69) is 102 Å². The summed E-state index contributed by atoms with van der Waals surface area (Å²) in [6.45, 7) is 0. The van der Waals surface area contributed by atoms with Crippen LogP contribution in [0.3, 0.4) is 0 Å². The Kier molecular flexibility index (Phi) is 10.9. The normalized spacial score (nSPS) is 12.1. The van der Waals surface area contributed by atoms with Crippen molar-refractivity contribution >= 4 is 87.2 Å². The molecule has 86 heavy (non-hydrogen) atoms. The highest BCUT2D eigenvalue weighted by Gasteiger charge is 2.43. The molecule has 0 saturated carbocycles. The van der Waals surface area contributed by atoms with Crippen LogP contribution in [0.5, 0.6) is 0 Å². The number of alkyl halides is 3. The number of hydrogen-bond donors (Lipinski definition) is 0. The first-order valence-electron chi connectivity index (χ1n) is 28.4. The first kappa shape index (κ1) is 49.2. The summed E-state index contributed by atoms with van der Waals surface area (Å²) in [5.74, 6) is 0. The maximum absolute atomic E-state index is 18.5. The van der Waals surface area contributed by atoms with Crippen molar-refractivity contribution in [2.45, 2.75) is 6.18 Å². The SMILES string of the molecule is FC(F)(F)c1c(-n2c3ccccc3c3ccccc32)c(-n2c3ccc(-c4ccncc4)cc3c3cc(-c4ccncc4)ccc32)cc(-n2c3ccc(-c4ccncc4)cc3c3cc(-c4ccncc4)ccc32)c1-n1c2ccccc2c2ccccc21. The predicted octanol–water partition coefficient (Wildman–Crippen LogP) is 19.3. The lowest BCUT2D eigenvalue weighted by Crippen LogP contribution is -2.20. The zero-order chi connectivity index (χ0) is 57.2. The zero-order valence-corrected chi connectivity index (χ0v) is 45.7. The third-order valence-corrected chi connectivity index (χ3v) is 17.2. The second-order valence-electron chi connectivity index (χ2n) is 21.8. The zero-order valence-electron chi connectivity index (χ0n) is 45.7. The van der Waals surface area contributed by atoms with Crippen LogP contribution in [-0.4, -0.2) is 38.2 Å². The van der Waals surface area contributed by atoms with E-state index in [-0.39, 0.29) is 11.4 Å². The van der Waals surface area contributed by atoms with E-state index in [4.69, 9.17) is 0 Å². The molecule has 8 heterocycles. The van der Waals surface area contributed by atoms with Gasteiger partial charge < -0.3 is 18.3 Å². The molecule has 0 spiro atoms. The number of nitrogens with zero attached hydrogens (tertiary/aromatic N) is 8. The van der Waals surface area contributed by atoms with E-state index >= 15 is 13.2 Å². The quantitative estimate of drug-likeness (QED) is 0.152. The number of rotatable bonds is 8. The highest BCUT2D eigenvalue weighted by atomic mass is 19.4. The van der Waals surface area contributed by atoms with Crippen LogP contribution >= 0.6 is 0 Å². The van der Waals surface area contributed by atoms with E-state index in [1.807, 2.05) is 161 Å². The molecule has 17 aromatic rings. The lowest BCUT2D eigenvalue weighted by atomic mass is 10.0. The monoisotopic (exact) mass is 1110 g/mol. The van der Waals surface area contributed by atoms with Gasteiger partial charge in [-0.1, -0.05) is 97.1 Å². The molecule has 0 aliphatic rings. The molecule has 0 radical (unpaired) electrons. The van der Waals surface area contributed by atoms with Gasteiger partial charge in [-0.15, -0.1) is 0 Å². The summed E-state index contributed by atoms with van der Waals surface area (Å²) in [5, 5.41) is 6.77. The van der Waals surface area contributed by atoms with E-state index in [0.717, 1.165) is 110 Å². The molecule has 8 nitrogen and oxygen atoms in total. The average Bonchev–Trinajstić information content (AvgIpc) is 2.05. The molecule has 406 valence electrons. The van der Waals surface area contributed by atoms with Crippen LogP contribution in [0.2, 0.25) is 0 Å². The topological polar surface area (TPSA) is 71.3 Å². The molecular weight excluding hydrogens is 1070 g/mol. The van der Waals surface area contributed by atoms with Crippen molar-refractivity contribution in [1.29, 1.82) is 0 Å².